The lowest BCUT2D eigenvalue weighted by Gasteiger charge is -2.19. The summed E-state index contributed by atoms with van der Waals surface area (Å²) in [5.74, 6) is 0.839. The van der Waals surface area contributed by atoms with E-state index in [1.54, 1.807) is 12.1 Å². The molecule has 4 heteroatoms. The molecule has 12 heavy (non-hydrogen) atoms. The minimum atomic E-state index is -0.0473. The highest BCUT2D eigenvalue weighted by Gasteiger charge is 2.17. The minimum Gasteiger partial charge on any atom is -0.503 e. The zero-order chi connectivity index (χ0) is 8.55. The highest BCUT2D eigenvalue weighted by molar-refractivity contribution is 6.32. The topological polar surface area (TPSA) is 38.7 Å². The molecule has 0 aromatic heterocycles. The van der Waals surface area contributed by atoms with E-state index in [-0.39, 0.29) is 10.8 Å². The van der Waals surface area contributed by atoms with Crippen molar-refractivity contribution >= 4 is 11.6 Å². The maximum atomic E-state index is 9.41. The summed E-state index contributed by atoms with van der Waals surface area (Å²) in [5, 5.41) is 9.68. The van der Waals surface area contributed by atoms with E-state index in [4.69, 9.17) is 21.1 Å². The second-order valence-corrected chi connectivity index (χ2v) is 2.83. The summed E-state index contributed by atoms with van der Waals surface area (Å²) in [6.45, 7) is 0.953. The molecular formula is C8H7ClO3. The van der Waals surface area contributed by atoms with Crippen molar-refractivity contribution < 1.29 is 14.6 Å². The molecule has 0 aliphatic carbocycles. The summed E-state index contributed by atoms with van der Waals surface area (Å²) in [6.07, 6.45) is 0. The summed E-state index contributed by atoms with van der Waals surface area (Å²) < 4.78 is 10.4. The lowest BCUT2D eigenvalue weighted by molar-refractivity contribution is 0.166. The lowest BCUT2D eigenvalue weighted by atomic mass is 10.3. The first-order chi connectivity index (χ1) is 5.79. The van der Waals surface area contributed by atoms with Crippen LogP contribution in [0, 0.1) is 0 Å². The number of phenols is 1. The van der Waals surface area contributed by atoms with Crippen LogP contribution >= 0.6 is 11.6 Å². The molecule has 64 valence electrons. The van der Waals surface area contributed by atoms with E-state index < -0.39 is 0 Å². The molecule has 0 unspecified atom stereocenters. The van der Waals surface area contributed by atoms with Gasteiger partial charge in [0.2, 0.25) is 5.75 Å². The third-order valence-electron chi connectivity index (χ3n) is 1.63. The van der Waals surface area contributed by atoms with Crippen LogP contribution in [-0.4, -0.2) is 18.3 Å². The van der Waals surface area contributed by atoms with Gasteiger partial charge in [0.25, 0.3) is 0 Å². The van der Waals surface area contributed by atoms with Crippen LogP contribution in [0.4, 0.5) is 0 Å². The predicted molar refractivity (Wildman–Crippen MR) is 44.1 cm³/mol. The van der Waals surface area contributed by atoms with E-state index >= 15 is 0 Å². The molecule has 1 aliphatic heterocycles. The van der Waals surface area contributed by atoms with Gasteiger partial charge in [0.05, 0.1) is 5.02 Å². The minimum absolute atomic E-state index is 0.0473. The van der Waals surface area contributed by atoms with Gasteiger partial charge in [-0.2, -0.15) is 0 Å². The molecule has 0 amide bonds. The van der Waals surface area contributed by atoms with Crippen molar-refractivity contribution in [1.82, 2.24) is 0 Å². The van der Waals surface area contributed by atoms with Crippen molar-refractivity contribution in [2.24, 2.45) is 0 Å². The van der Waals surface area contributed by atoms with E-state index in [9.17, 15) is 5.11 Å². The number of aromatic hydroxyl groups is 1. The van der Waals surface area contributed by atoms with Gasteiger partial charge in [-0.05, 0) is 12.1 Å². The Hall–Kier alpha value is -1.09. The zero-order valence-corrected chi connectivity index (χ0v) is 6.97. The summed E-state index contributed by atoms with van der Waals surface area (Å²) in [4.78, 5) is 0. The Bertz CT molecular complexity index is 311. The van der Waals surface area contributed by atoms with E-state index in [0.29, 0.717) is 24.7 Å². The van der Waals surface area contributed by atoms with Crippen LogP contribution in [0.1, 0.15) is 0 Å². The molecule has 3 nitrogen and oxygen atoms in total. The number of hydrogen-bond donors (Lipinski definition) is 1. The number of phenolic OH excluding ortho intramolecular Hbond substituents is 1. The SMILES string of the molecule is Oc1c(Cl)ccc2c1OCCO2. The average Bonchev–Trinajstić information content (AvgIpc) is 2.12. The number of rotatable bonds is 0. The summed E-state index contributed by atoms with van der Waals surface area (Å²) >= 11 is 5.66. The maximum absolute atomic E-state index is 9.41. The molecule has 0 fully saturated rings. The predicted octanol–water partition coefficient (Wildman–Crippen LogP) is 1.82. The molecule has 1 aliphatic rings. The van der Waals surface area contributed by atoms with Crippen LogP contribution in [-0.2, 0) is 0 Å². The second-order valence-electron chi connectivity index (χ2n) is 2.42. The third-order valence-corrected chi connectivity index (χ3v) is 1.94. The molecule has 0 radical (unpaired) electrons. The van der Waals surface area contributed by atoms with Crippen molar-refractivity contribution in [3.8, 4) is 17.2 Å². The van der Waals surface area contributed by atoms with Crippen molar-refractivity contribution in [2.45, 2.75) is 0 Å². The van der Waals surface area contributed by atoms with Gasteiger partial charge in [-0.1, -0.05) is 11.6 Å². The van der Waals surface area contributed by atoms with Gasteiger partial charge in [0, 0.05) is 0 Å². The first-order valence-corrected chi connectivity index (χ1v) is 3.94. The maximum Gasteiger partial charge on any atom is 0.205 e. The Kier molecular flexibility index (Phi) is 1.73. The van der Waals surface area contributed by atoms with Gasteiger partial charge >= 0.3 is 0 Å². The summed E-state index contributed by atoms with van der Waals surface area (Å²) in [7, 11) is 0. The first kappa shape index (κ1) is 7.55. The Morgan fingerprint density at radius 3 is 2.83 bits per heavy atom. The van der Waals surface area contributed by atoms with Gasteiger partial charge in [-0.25, -0.2) is 0 Å². The normalized spacial score (nSPS) is 14.4. The van der Waals surface area contributed by atoms with E-state index in [0.717, 1.165) is 0 Å². The van der Waals surface area contributed by atoms with E-state index in [2.05, 4.69) is 0 Å². The number of hydrogen-bond acceptors (Lipinski definition) is 3. The molecule has 2 rings (SSSR count). The molecule has 0 bridgehead atoms. The fourth-order valence-electron chi connectivity index (χ4n) is 1.08. The number of ether oxygens (including phenoxy) is 2. The molecule has 0 atom stereocenters. The Labute approximate surface area is 74.5 Å². The molecule has 1 heterocycles. The van der Waals surface area contributed by atoms with Gasteiger partial charge in [0.15, 0.2) is 11.5 Å². The van der Waals surface area contributed by atoms with Crippen molar-refractivity contribution in [3.63, 3.8) is 0 Å². The van der Waals surface area contributed by atoms with Crippen LogP contribution < -0.4 is 9.47 Å². The third kappa shape index (κ3) is 1.06. The van der Waals surface area contributed by atoms with Crippen LogP contribution in [0.5, 0.6) is 17.2 Å². The Morgan fingerprint density at radius 2 is 2.00 bits per heavy atom. The lowest BCUT2D eigenvalue weighted by Crippen LogP contribution is -2.15. The standard InChI is InChI=1S/C8H7ClO3/c9-5-1-2-6-8(7(5)10)12-4-3-11-6/h1-2,10H,3-4H2. The Morgan fingerprint density at radius 1 is 1.25 bits per heavy atom. The molecule has 1 aromatic carbocycles. The van der Waals surface area contributed by atoms with Gasteiger partial charge in [0.1, 0.15) is 13.2 Å². The molecular weight excluding hydrogens is 180 g/mol. The second kappa shape index (κ2) is 2.75. The van der Waals surface area contributed by atoms with Crippen LogP contribution in [0.3, 0.4) is 0 Å². The monoisotopic (exact) mass is 186 g/mol. The molecule has 0 spiro atoms. The highest BCUT2D eigenvalue weighted by Crippen LogP contribution is 2.42. The van der Waals surface area contributed by atoms with Crippen molar-refractivity contribution in [3.05, 3.63) is 17.2 Å². The summed E-state index contributed by atoms with van der Waals surface area (Å²) in [5.41, 5.74) is 0. The number of fused-ring (bicyclic) bond motifs is 1. The summed E-state index contributed by atoms with van der Waals surface area (Å²) in [6, 6.07) is 3.25. The zero-order valence-electron chi connectivity index (χ0n) is 6.21. The van der Waals surface area contributed by atoms with Gasteiger partial charge < -0.3 is 14.6 Å². The Balaban J connectivity index is 2.54. The van der Waals surface area contributed by atoms with Crippen LogP contribution in [0.2, 0.25) is 5.02 Å². The van der Waals surface area contributed by atoms with Crippen LogP contribution in [0.25, 0.3) is 0 Å². The average molecular weight is 187 g/mol. The fourth-order valence-corrected chi connectivity index (χ4v) is 1.23. The molecule has 0 saturated heterocycles. The largest absolute Gasteiger partial charge is 0.503 e. The smallest absolute Gasteiger partial charge is 0.205 e. The van der Waals surface area contributed by atoms with Gasteiger partial charge in [-0.3, -0.25) is 0 Å². The van der Waals surface area contributed by atoms with Gasteiger partial charge in [-0.15, -0.1) is 0 Å². The van der Waals surface area contributed by atoms with Crippen molar-refractivity contribution in [2.75, 3.05) is 13.2 Å². The van der Waals surface area contributed by atoms with E-state index in [1.807, 2.05) is 0 Å². The fraction of sp³-hybridized carbons (Fsp3) is 0.250. The molecule has 1 N–H and O–H groups in total. The highest BCUT2D eigenvalue weighted by atomic mass is 35.5. The van der Waals surface area contributed by atoms with E-state index in [1.165, 1.54) is 0 Å². The number of benzene rings is 1. The van der Waals surface area contributed by atoms with Crippen molar-refractivity contribution in [1.29, 1.82) is 0 Å². The molecule has 1 aromatic rings. The first-order valence-electron chi connectivity index (χ1n) is 3.56. The quantitative estimate of drug-likeness (QED) is 0.672. The number of halogens is 1. The van der Waals surface area contributed by atoms with Crippen LogP contribution in [0.15, 0.2) is 12.1 Å². The molecule has 0 saturated carbocycles.